The fourth-order valence-corrected chi connectivity index (χ4v) is 3.72. The first-order valence-corrected chi connectivity index (χ1v) is 8.02. The first kappa shape index (κ1) is 15.6. The van der Waals surface area contributed by atoms with Gasteiger partial charge in [0.1, 0.15) is 0 Å². The highest BCUT2D eigenvalue weighted by Gasteiger charge is 2.26. The average molecular weight is 309 g/mol. The zero-order valence-corrected chi connectivity index (χ0v) is 12.7. The summed E-state index contributed by atoms with van der Waals surface area (Å²) in [6, 6.07) is 4.06. The number of nitrogens with zero attached hydrogens (tertiary/aromatic N) is 1. The number of nitro benzene ring substituents is 1. The Balaban J connectivity index is 2.04. The molecule has 6 nitrogen and oxygen atoms in total. The lowest BCUT2D eigenvalue weighted by Crippen LogP contribution is -2.33. The van der Waals surface area contributed by atoms with Gasteiger partial charge in [-0.15, -0.1) is 0 Å². The summed E-state index contributed by atoms with van der Waals surface area (Å²) in [5.41, 5.74) is 6.06. The van der Waals surface area contributed by atoms with Crippen LogP contribution in [0, 0.1) is 10.1 Å². The molecule has 1 aromatic carbocycles. The molecular weight excluding hydrogens is 290 g/mol. The molecule has 0 heterocycles. The van der Waals surface area contributed by atoms with Crippen molar-refractivity contribution in [2.24, 2.45) is 0 Å². The van der Waals surface area contributed by atoms with Gasteiger partial charge in [-0.2, -0.15) is 11.8 Å². The normalized spacial score (nSPS) is 21.2. The number of rotatable bonds is 5. The van der Waals surface area contributed by atoms with E-state index in [1.54, 1.807) is 0 Å². The minimum Gasteiger partial charge on any atom is -0.398 e. The minimum atomic E-state index is -0.528. The van der Waals surface area contributed by atoms with Crippen LogP contribution >= 0.6 is 11.8 Å². The number of amides is 1. The fourth-order valence-electron chi connectivity index (χ4n) is 2.58. The monoisotopic (exact) mass is 309 g/mol. The van der Waals surface area contributed by atoms with Gasteiger partial charge in [-0.3, -0.25) is 14.9 Å². The van der Waals surface area contributed by atoms with Gasteiger partial charge in [0.2, 0.25) is 0 Å². The molecule has 2 atom stereocenters. The van der Waals surface area contributed by atoms with E-state index < -0.39 is 4.92 Å². The molecule has 1 aliphatic carbocycles. The highest BCUT2D eigenvalue weighted by molar-refractivity contribution is 7.99. The van der Waals surface area contributed by atoms with Crippen LogP contribution in [-0.4, -0.2) is 27.9 Å². The number of nitrogens with two attached hydrogens (primary N) is 1. The van der Waals surface area contributed by atoms with Crippen LogP contribution in [0.25, 0.3) is 0 Å². The quantitative estimate of drug-likeness (QED) is 0.495. The number of nitrogens with one attached hydrogen (secondary N) is 1. The molecule has 1 aliphatic rings. The lowest BCUT2D eigenvalue weighted by molar-refractivity contribution is -0.384. The number of nitrogen functional groups attached to an aromatic ring is 1. The maximum atomic E-state index is 12.2. The van der Waals surface area contributed by atoms with E-state index in [-0.39, 0.29) is 28.9 Å². The molecule has 0 spiro atoms. The summed E-state index contributed by atoms with van der Waals surface area (Å²) in [7, 11) is 0. The topological polar surface area (TPSA) is 98.3 Å². The molecule has 21 heavy (non-hydrogen) atoms. The number of non-ortho nitro benzene ring substituents is 1. The molecule has 0 aliphatic heterocycles. The van der Waals surface area contributed by atoms with Gasteiger partial charge in [-0.05, 0) is 31.1 Å². The first-order valence-electron chi connectivity index (χ1n) is 6.97. The van der Waals surface area contributed by atoms with E-state index in [2.05, 4.69) is 12.2 Å². The van der Waals surface area contributed by atoms with Gasteiger partial charge in [0.25, 0.3) is 11.6 Å². The zero-order valence-electron chi connectivity index (χ0n) is 11.9. The maximum absolute atomic E-state index is 12.2. The second-order valence-corrected chi connectivity index (χ2v) is 6.67. The van der Waals surface area contributed by atoms with Crippen LogP contribution in [0.15, 0.2) is 18.2 Å². The summed E-state index contributed by atoms with van der Waals surface area (Å²) >= 11 is 1.91. The molecule has 1 aromatic rings. The minimum absolute atomic E-state index is 0.125. The van der Waals surface area contributed by atoms with Crippen molar-refractivity contribution in [2.45, 2.75) is 37.5 Å². The molecule has 0 saturated heterocycles. The van der Waals surface area contributed by atoms with E-state index in [1.165, 1.54) is 18.2 Å². The van der Waals surface area contributed by atoms with Crippen LogP contribution in [-0.2, 0) is 0 Å². The SMILES string of the molecule is CCS[C@H]1CC[C@H](NC(=O)c2cc([N+](=O)[O-])ccc2N)C1. The van der Waals surface area contributed by atoms with Crippen molar-refractivity contribution < 1.29 is 9.72 Å². The van der Waals surface area contributed by atoms with Crippen molar-refractivity contribution in [1.82, 2.24) is 5.32 Å². The summed E-state index contributed by atoms with van der Waals surface area (Å²) in [5.74, 6) is 0.742. The Labute approximate surface area is 127 Å². The smallest absolute Gasteiger partial charge is 0.270 e. The van der Waals surface area contributed by atoms with E-state index in [0.717, 1.165) is 25.0 Å². The Morgan fingerprint density at radius 3 is 2.95 bits per heavy atom. The number of carbonyl (C=O) groups is 1. The van der Waals surface area contributed by atoms with Crippen LogP contribution < -0.4 is 11.1 Å². The van der Waals surface area contributed by atoms with E-state index in [4.69, 9.17) is 5.73 Å². The summed E-state index contributed by atoms with van der Waals surface area (Å²) in [4.78, 5) is 22.5. The van der Waals surface area contributed by atoms with Crippen molar-refractivity contribution in [3.63, 3.8) is 0 Å². The third-order valence-electron chi connectivity index (χ3n) is 3.61. The molecule has 7 heteroatoms. The van der Waals surface area contributed by atoms with Gasteiger partial charge in [0, 0.05) is 29.1 Å². The average Bonchev–Trinajstić information content (AvgIpc) is 2.86. The van der Waals surface area contributed by atoms with Crippen LogP contribution in [0.1, 0.15) is 36.5 Å². The van der Waals surface area contributed by atoms with Crippen LogP contribution in [0.3, 0.4) is 0 Å². The Bertz CT molecular complexity index is 550. The number of anilines is 1. The van der Waals surface area contributed by atoms with E-state index >= 15 is 0 Å². The Morgan fingerprint density at radius 1 is 1.52 bits per heavy atom. The highest BCUT2D eigenvalue weighted by atomic mass is 32.2. The summed E-state index contributed by atoms with van der Waals surface area (Å²) < 4.78 is 0. The first-order chi connectivity index (χ1) is 10.0. The number of nitro groups is 1. The molecular formula is C14H19N3O3S. The van der Waals surface area contributed by atoms with Gasteiger partial charge >= 0.3 is 0 Å². The number of hydrogen-bond acceptors (Lipinski definition) is 5. The van der Waals surface area contributed by atoms with E-state index in [1.807, 2.05) is 11.8 Å². The Morgan fingerprint density at radius 2 is 2.29 bits per heavy atom. The molecule has 3 N–H and O–H groups in total. The molecule has 0 radical (unpaired) electrons. The largest absolute Gasteiger partial charge is 0.398 e. The van der Waals surface area contributed by atoms with Crippen LogP contribution in [0.5, 0.6) is 0 Å². The van der Waals surface area contributed by atoms with Gasteiger partial charge in [0.15, 0.2) is 0 Å². The second-order valence-electron chi connectivity index (χ2n) is 5.09. The molecule has 1 fully saturated rings. The van der Waals surface area contributed by atoms with Crippen molar-refractivity contribution in [3.8, 4) is 0 Å². The predicted molar refractivity (Wildman–Crippen MR) is 84.5 cm³/mol. The molecule has 0 bridgehead atoms. The lowest BCUT2D eigenvalue weighted by atomic mass is 10.1. The van der Waals surface area contributed by atoms with Crippen molar-refractivity contribution in [3.05, 3.63) is 33.9 Å². The predicted octanol–water partition coefficient (Wildman–Crippen LogP) is 2.58. The summed E-state index contributed by atoms with van der Waals surface area (Å²) in [6.07, 6.45) is 2.98. The summed E-state index contributed by atoms with van der Waals surface area (Å²) in [6.45, 7) is 2.13. The van der Waals surface area contributed by atoms with Crippen LogP contribution in [0.2, 0.25) is 0 Å². The zero-order chi connectivity index (χ0) is 15.4. The van der Waals surface area contributed by atoms with Gasteiger partial charge in [0.05, 0.1) is 10.5 Å². The van der Waals surface area contributed by atoms with Gasteiger partial charge in [-0.1, -0.05) is 6.92 Å². The number of benzene rings is 1. The highest BCUT2D eigenvalue weighted by Crippen LogP contribution is 2.30. The number of thioether (sulfide) groups is 1. The van der Waals surface area contributed by atoms with Gasteiger partial charge < -0.3 is 11.1 Å². The molecule has 1 saturated carbocycles. The molecule has 2 rings (SSSR count). The Kier molecular flexibility index (Phi) is 5.06. The Hall–Kier alpha value is -1.76. The standard InChI is InChI=1S/C14H19N3O3S/c1-2-21-11-5-3-9(7-11)16-14(18)12-8-10(17(19)20)4-6-13(12)15/h4,6,8-9,11H,2-3,5,7,15H2,1H3,(H,16,18)/t9-,11-/m0/s1. The van der Waals surface area contributed by atoms with Crippen molar-refractivity contribution in [1.29, 1.82) is 0 Å². The van der Waals surface area contributed by atoms with E-state index in [0.29, 0.717) is 5.25 Å². The van der Waals surface area contributed by atoms with Crippen LogP contribution in [0.4, 0.5) is 11.4 Å². The number of carbonyl (C=O) groups excluding carboxylic acids is 1. The third kappa shape index (κ3) is 3.87. The third-order valence-corrected chi connectivity index (χ3v) is 4.85. The van der Waals surface area contributed by atoms with Crippen molar-refractivity contribution in [2.75, 3.05) is 11.5 Å². The van der Waals surface area contributed by atoms with Crippen molar-refractivity contribution >= 4 is 29.0 Å². The van der Waals surface area contributed by atoms with E-state index in [9.17, 15) is 14.9 Å². The molecule has 0 unspecified atom stereocenters. The van der Waals surface area contributed by atoms with Gasteiger partial charge in [-0.25, -0.2) is 0 Å². The summed E-state index contributed by atoms with van der Waals surface area (Å²) in [5, 5.41) is 14.3. The number of hydrogen-bond donors (Lipinski definition) is 2. The molecule has 1 amide bonds. The molecule has 0 aromatic heterocycles. The molecule has 114 valence electrons. The fraction of sp³-hybridized carbons (Fsp3) is 0.500. The lowest BCUT2D eigenvalue weighted by Gasteiger charge is -2.14. The second kappa shape index (κ2) is 6.80. The maximum Gasteiger partial charge on any atom is 0.270 e.